The Labute approximate surface area is 109 Å². The van der Waals surface area contributed by atoms with E-state index in [9.17, 15) is 9.59 Å². The summed E-state index contributed by atoms with van der Waals surface area (Å²) in [7, 11) is 0. The number of hydrogen-bond donors (Lipinski definition) is 2. The number of nitrogens with one attached hydrogen (secondary N) is 1. The number of carbonyl (C=O) groups is 2. The molecule has 2 N–H and O–H groups in total. The van der Waals surface area contributed by atoms with Crippen LogP contribution in [-0.4, -0.2) is 55.4 Å². The van der Waals surface area contributed by atoms with Gasteiger partial charge in [0, 0.05) is 23.6 Å². The van der Waals surface area contributed by atoms with Crippen molar-refractivity contribution in [2.45, 2.75) is 24.3 Å². The summed E-state index contributed by atoms with van der Waals surface area (Å²) >= 11 is 1.83. The van der Waals surface area contributed by atoms with Crippen molar-refractivity contribution in [3.8, 4) is 0 Å². The van der Waals surface area contributed by atoms with E-state index in [0.29, 0.717) is 23.6 Å². The van der Waals surface area contributed by atoms with E-state index < -0.39 is 5.97 Å². The molecule has 1 aromatic heterocycles. The molecule has 1 aliphatic rings. The summed E-state index contributed by atoms with van der Waals surface area (Å²) in [5, 5.41) is 9.66. The number of carbonyl (C=O) groups excluding carboxylic acids is 1. The monoisotopic (exact) mass is 269 g/mol. The average Bonchev–Trinajstić information content (AvgIpc) is 2.75. The Hall–Kier alpha value is -1.50. The quantitative estimate of drug-likeness (QED) is 0.838. The standard InChI is InChI=1S/C11H15N3O3S/c1-6-3-14(4-7(2)18-6)10(15)8-9(11(16)17)13-5-12-8/h5-7H,3-4H2,1-2H3,(H,12,13)(H,16,17). The lowest BCUT2D eigenvalue weighted by Gasteiger charge is -2.34. The Balaban J connectivity index is 2.20. The van der Waals surface area contributed by atoms with Crippen molar-refractivity contribution >= 4 is 23.6 Å². The highest BCUT2D eigenvalue weighted by Crippen LogP contribution is 2.25. The van der Waals surface area contributed by atoms with Gasteiger partial charge in [0.05, 0.1) is 6.33 Å². The van der Waals surface area contributed by atoms with Gasteiger partial charge in [-0.05, 0) is 0 Å². The number of aromatic amines is 1. The molecule has 1 aliphatic heterocycles. The Kier molecular flexibility index (Phi) is 3.60. The maximum absolute atomic E-state index is 12.2. The van der Waals surface area contributed by atoms with E-state index in [1.165, 1.54) is 6.33 Å². The molecule has 0 spiro atoms. The molecule has 18 heavy (non-hydrogen) atoms. The normalized spacial score (nSPS) is 24.0. The SMILES string of the molecule is CC1CN(C(=O)c2nc[nH]c2C(=O)O)CC(C)S1. The first kappa shape index (κ1) is 12.9. The fraction of sp³-hybridized carbons (Fsp3) is 0.545. The summed E-state index contributed by atoms with van der Waals surface area (Å²) in [6.07, 6.45) is 1.24. The van der Waals surface area contributed by atoms with Crippen molar-refractivity contribution in [3.63, 3.8) is 0 Å². The number of amides is 1. The minimum absolute atomic E-state index is 0.00574. The molecule has 2 atom stereocenters. The maximum Gasteiger partial charge on any atom is 0.354 e. The van der Waals surface area contributed by atoms with Gasteiger partial charge in [0.2, 0.25) is 0 Å². The third-order valence-corrected chi connectivity index (χ3v) is 3.99. The zero-order valence-corrected chi connectivity index (χ0v) is 11.0. The minimum Gasteiger partial charge on any atom is -0.477 e. The number of thioether (sulfide) groups is 1. The zero-order chi connectivity index (χ0) is 13.3. The Morgan fingerprint density at radius 3 is 2.61 bits per heavy atom. The van der Waals surface area contributed by atoms with Gasteiger partial charge in [0.25, 0.3) is 5.91 Å². The first-order valence-corrected chi connectivity index (χ1v) is 6.64. The molecule has 6 nitrogen and oxygen atoms in total. The second-order valence-electron chi connectivity index (χ2n) is 4.40. The molecule has 0 saturated carbocycles. The molecule has 0 radical (unpaired) electrons. The predicted molar refractivity (Wildman–Crippen MR) is 68.0 cm³/mol. The van der Waals surface area contributed by atoms with Gasteiger partial charge >= 0.3 is 5.97 Å². The molecule has 7 heteroatoms. The fourth-order valence-electron chi connectivity index (χ4n) is 2.11. The van der Waals surface area contributed by atoms with Gasteiger partial charge in [-0.25, -0.2) is 9.78 Å². The highest BCUT2D eigenvalue weighted by atomic mass is 32.2. The number of imidazole rings is 1. The van der Waals surface area contributed by atoms with Crippen LogP contribution in [0.25, 0.3) is 0 Å². The van der Waals surface area contributed by atoms with Crippen molar-refractivity contribution in [2.75, 3.05) is 13.1 Å². The Bertz CT molecular complexity index is 464. The molecule has 1 amide bonds. The molecule has 0 aliphatic carbocycles. The van der Waals surface area contributed by atoms with E-state index >= 15 is 0 Å². The van der Waals surface area contributed by atoms with Crippen LogP contribution in [0.15, 0.2) is 6.33 Å². The average molecular weight is 269 g/mol. The topological polar surface area (TPSA) is 86.3 Å². The van der Waals surface area contributed by atoms with Crippen LogP contribution >= 0.6 is 11.8 Å². The molecule has 0 bridgehead atoms. The van der Waals surface area contributed by atoms with E-state index in [-0.39, 0.29) is 17.3 Å². The van der Waals surface area contributed by atoms with Gasteiger partial charge in [-0.15, -0.1) is 0 Å². The summed E-state index contributed by atoms with van der Waals surface area (Å²) in [6.45, 7) is 5.37. The smallest absolute Gasteiger partial charge is 0.354 e. The van der Waals surface area contributed by atoms with E-state index in [1.54, 1.807) is 4.90 Å². The molecule has 2 rings (SSSR count). The van der Waals surface area contributed by atoms with Crippen molar-refractivity contribution in [1.82, 2.24) is 14.9 Å². The van der Waals surface area contributed by atoms with Crippen LogP contribution in [0.5, 0.6) is 0 Å². The maximum atomic E-state index is 12.2. The van der Waals surface area contributed by atoms with E-state index in [2.05, 4.69) is 23.8 Å². The van der Waals surface area contributed by atoms with Crippen LogP contribution in [-0.2, 0) is 0 Å². The first-order valence-electron chi connectivity index (χ1n) is 5.70. The summed E-state index contributed by atoms with van der Waals surface area (Å²) in [6, 6.07) is 0. The summed E-state index contributed by atoms with van der Waals surface area (Å²) in [4.78, 5) is 31.2. The Morgan fingerprint density at radius 2 is 2.06 bits per heavy atom. The molecular weight excluding hydrogens is 254 g/mol. The van der Waals surface area contributed by atoms with Crippen molar-refractivity contribution in [3.05, 3.63) is 17.7 Å². The highest BCUT2D eigenvalue weighted by molar-refractivity contribution is 8.00. The van der Waals surface area contributed by atoms with Crippen LogP contribution < -0.4 is 0 Å². The van der Waals surface area contributed by atoms with Gasteiger partial charge in [0.1, 0.15) is 0 Å². The third-order valence-electron chi connectivity index (χ3n) is 2.76. The fourth-order valence-corrected chi connectivity index (χ4v) is 3.44. The second-order valence-corrected chi connectivity index (χ2v) is 6.28. The number of nitrogens with zero attached hydrogens (tertiary/aromatic N) is 2. The summed E-state index contributed by atoms with van der Waals surface area (Å²) < 4.78 is 0. The molecule has 0 aromatic carbocycles. The van der Waals surface area contributed by atoms with E-state index in [0.717, 1.165) is 0 Å². The number of carboxylic acids is 1. The lowest BCUT2D eigenvalue weighted by molar-refractivity contribution is 0.0668. The molecular formula is C11H15N3O3S. The Morgan fingerprint density at radius 1 is 1.44 bits per heavy atom. The van der Waals surface area contributed by atoms with Gasteiger partial charge in [-0.2, -0.15) is 11.8 Å². The van der Waals surface area contributed by atoms with Crippen LogP contribution in [0, 0.1) is 0 Å². The number of aromatic nitrogens is 2. The molecule has 1 saturated heterocycles. The predicted octanol–water partition coefficient (Wildman–Crippen LogP) is 1.07. The van der Waals surface area contributed by atoms with Crippen LogP contribution in [0.2, 0.25) is 0 Å². The molecule has 2 unspecified atom stereocenters. The van der Waals surface area contributed by atoms with Crippen molar-refractivity contribution in [1.29, 1.82) is 0 Å². The van der Waals surface area contributed by atoms with Gasteiger partial charge in [-0.1, -0.05) is 13.8 Å². The molecule has 2 heterocycles. The van der Waals surface area contributed by atoms with Crippen LogP contribution in [0.4, 0.5) is 0 Å². The number of carboxylic acid groups (broad SMARTS) is 1. The molecule has 1 aromatic rings. The minimum atomic E-state index is -1.16. The lowest BCUT2D eigenvalue weighted by atomic mass is 10.2. The van der Waals surface area contributed by atoms with Crippen molar-refractivity contribution < 1.29 is 14.7 Å². The molecule has 1 fully saturated rings. The largest absolute Gasteiger partial charge is 0.477 e. The number of rotatable bonds is 2. The van der Waals surface area contributed by atoms with E-state index in [1.807, 2.05) is 11.8 Å². The highest BCUT2D eigenvalue weighted by Gasteiger charge is 2.30. The second kappa shape index (κ2) is 5.01. The van der Waals surface area contributed by atoms with Gasteiger partial charge in [-0.3, -0.25) is 4.79 Å². The number of hydrogen-bond acceptors (Lipinski definition) is 4. The van der Waals surface area contributed by atoms with Crippen molar-refractivity contribution in [2.24, 2.45) is 0 Å². The van der Waals surface area contributed by atoms with E-state index in [4.69, 9.17) is 5.11 Å². The third kappa shape index (κ3) is 2.50. The zero-order valence-electron chi connectivity index (χ0n) is 10.2. The van der Waals surface area contributed by atoms with Crippen LogP contribution in [0.1, 0.15) is 34.8 Å². The number of H-pyrrole nitrogens is 1. The number of aromatic carboxylic acids is 1. The molecule has 98 valence electrons. The van der Waals surface area contributed by atoms with Gasteiger partial charge in [0.15, 0.2) is 11.4 Å². The lowest BCUT2D eigenvalue weighted by Crippen LogP contribution is -2.44. The first-order chi connectivity index (χ1) is 8.49. The van der Waals surface area contributed by atoms with Crippen LogP contribution in [0.3, 0.4) is 0 Å². The summed E-state index contributed by atoms with van der Waals surface area (Å²) in [5.41, 5.74) is -0.146. The van der Waals surface area contributed by atoms with Gasteiger partial charge < -0.3 is 15.0 Å². The summed E-state index contributed by atoms with van der Waals surface area (Å²) in [5.74, 6) is -1.48.